The molecule has 0 radical (unpaired) electrons. The van der Waals surface area contributed by atoms with Crippen molar-refractivity contribution in [1.29, 1.82) is 5.26 Å². The number of benzene rings is 1. The zero-order valence-corrected chi connectivity index (χ0v) is 13.8. The molecule has 1 aromatic rings. The van der Waals surface area contributed by atoms with Crippen LogP contribution in [0, 0.1) is 16.7 Å². The molecule has 0 unspecified atom stereocenters. The Morgan fingerprint density at radius 2 is 1.95 bits per heavy atom. The smallest absolute Gasteiger partial charge is 0.328 e. The summed E-state index contributed by atoms with van der Waals surface area (Å²) in [5.41, 5.74) is -1.07. The molecule has 2 rings (SSSR count). The Balaban J connectivity index is 2.52. The molecule has 0 heterocycles. The first-order valence-electron chi connectivity index (χ1n) is 6.90. The van der Waals surface area contributed by atoms with Gasteiger partial charge in [0.15, 0.2) is 15.3 Å². The average Bonchev–Trinajstić information content (AvgIpc) is 3.20. The predicted molar refractivity (Wildman–Crippen MR) is 82.1 cm³/mol. The van der Waals surface area contributed by atoms with Crippen LogP contribution < -0.4 is 0 Å². The molecule has 1 aliphatic carbocycles. The highest BCUT2D eigenvalue weighted by molar-refractivity contribution is 7.92. The minimum Gasteiger partial charge on any atom is -0.465 e. The molecule has 22 heavy (non-hydrogen) atoms. The van der Waals surface area contributed by atoms with Crippen LogP contribution in [0.3, 0.4) is 0 Å². The van der Waals surface area contributed by atoms with Crippen molar-refractivity contribution in [2.45, 2.75) is 25.0 Å². The monoisotopic (exact) mass is 341 g/mol. The number of nitrogens with zero attached hydrogens (tertiary/aromatic N) is 1. The second-order valence-electron chi connectivity index (χ2n) is 5.10. The second kappa shape index (κ2) is 5.90. The van der Waals surface area contributed by atoms with Gasteiger partial charge in [-0.05, 0) is 24.6 Å². The number of halogens is 1. The Hall–Kier alpha value is -1.58. The van der Waals surface area contributed by atoms with Gasteiger partial charge in [0, 0.05) is 16.7 Å². The Bertz CT molecular complexity index is 723. The van der Waals surface area contributed by atoms with E-state index < -0.39 is 32.4 Å². The topological polar surface area (TPSA) is 84.2 Å². The number of hydrogen-bond donors (Lipinski definition) is 0. The zero-order chi connectivity index (χ0) is 16.5. The molecular formula is C15H16ClNO4S. The maximum absolute atomic E-state index is 12.3. The van der Waals surface area contributed by atoms with Crippen molar-refractivity contribution in [1.82, 2.24) is 0 Å². The molecule has 0 amide bonds. The maximum Gasteiger partial charge on any atom is 0.328 e. The molecule has 0 N–H and O–H groups in total. The Labute approximate surface area is 134 Å². The van der Waals surface area contributed by atoms with E-state index in [0.717, 1.165) is 0 Å². The normalized spacial score (nSPS) is 27.0. The van der Waals surface area contributed by atoms with Gasteiger partial charge in [0.25, 0.3) is 0 Å². The van der Waals surface area contributed by atoms with Gasteiger partial charge in [0.2, 0.25) is 0 Å². The first-order chi connectivity index (χ1) is 10.3. The SMILES string of the molecule is CCOC(=O)[C@@]1(C#N)[C@H](S(=O)(=O)CC)[C@@H]1c1ccc(Cl)cc1. The largest absolute Gasteiger partial charge is 0.465 e. The van der Waals surface area contributed by atoms with Gasteiger partial charge >= 0.3 is 5.97 Å². The quantitative estimate of drug-likeness (QED) is 0.767. The van der Waals surface area contributed by atoms with Crippen molar-refractivity contribution in [3.8, 4) is 6.07 Å². The van der Waals surface area contributed by atoms with Crippen LogP contribution in [0.25, 0.3) is 0 Å². The number of carbonyl (C=O) groups is 1. The van der Waals surface area contributed by atoms with E-state index in [1.165, 1.54) is 6.92 Å². The van der Waals surface area contributed by atoms with E-state index >= 15 is 0 Å². The van der Waals surface area contributed by atoms with Gasteiger partial charge in [-0.1, -0.05) is 30.7 Å². The van der Waals surface area contributed by atoms with E-state index in [2.05, 4.69) is 0 Å². The van der Waals surface area contributed by atoms with Crippen molar-refractivity contribution in [3.05, 3.63) is 34.9 Å². The predicted octanol–water partition coefficient (Wildman–Crippen LogP) is 2.31. The van der Waals surface area contributed by atoms with Crippen LogP contribution in [0.5, 0.6) is 0 Å². The summed E-state index contributed by atoms with van der Waals surface area (Å²) in [7, 11) is -3.57. The lowest BCUT2D eigenvalue weighted by Crippen LogP contribution is -2.26. The number of nitriles is 1. The fraction of sp³-hybridized carbons (Fsp3) is 0.467. The van der Waals surface area contributed by atoms with E-state index in [1.807, 2.05) is 6.07 Å². The van der Waals surface area contributed by atoms with Crippen LogP contribution in [-0.4, -0.2) is 32.0 Å². The Morgan fingerprint density at radius 1 is 1.36 bits per heavy atom. The molecule has 0 bridgehead atoms. The summed E-state index contributed by atoms with van der Waals surface area (Å²) in [4.78, 5) is 12.2. The van der Waals surface area contributed by atoms with Gasteiger partial charge in [-0.15, -0.1) is 0 Å². The standard InChI is InChI=1S/C15H16ClNO4S/c1-3-21-14(18)15(9-17)12(13(15)22(19,20)4-2)10-5-7-11(16)8-6-10/h5-8,12-13H,3-4H2,1-2H3/t12-,13+,15+/m0/s1. The third-order valence-corrected chi connectivity index (χ3v) is 6.42. The van der Waals surface area contributed by atoms with E-state index in [4.69, 9.17) is 16.3 Å². The van der Waals surface area contributed by atoms with Gasteiger partial charge in [-0.3, -0.25) is 4.79 Å². The number of ether oxygens (including phenoxy) is 1. The van der Waals surface area contributed by atoms with E-state index in [0.29, 0.717) is 10.6 Å². The summed E-state index contributed by atoms with van der Waals surface area (Å²) >= 11 is 5.83. The lowest BCUT2D eigenvalue weighted by atomic mass is 10.0. The molecule has 0 aliphatic heterocycles. The maximum atomic E-state index is 12.3. The molecule has 1 saturated carbocycles. The molecule has 0 saturated heterocycles. The number of esters is 1. The highest BCUT2D eigenvalue weighted by atomic mass is 35.5. The highest BCUT2D eigenvalue weighted by Gasteiger charge is 2.77. The average molecular weight is 342 g/mol. The third kappa shape index (κ3) is 2.49. The minimum absolute atomic E-state index is 0.0918. The van der Waals surface area contributed by atoms with Crippen LogP contribution >= 0.6 is 11.6 Å². The van der Waals surface area contributed by atoms with Crippen LogP contribution in [0.15, 0.2) is 24.3 Å². The van der Waals surface area contributed by atoms with Gasteiger partial charge in [-0.25, -0.2) is 8.42 Å². The first-order valence-corrected chi connectivity index (χ1v) is 9.00. The minimum atomic E-state index is -3.57. The van der Waals surface area contributed by atoms with Crippen molar-refractivity contribution < 1.29 is 17.9 Å². The summed E-state index contributed by atoms with van der Waals surface area (Å²) in [5.74, 6) is -1.64. The van der Waals surface area contributed by atoms with Gasteiger partial charge in [-0.2, -0.15) is 5.26 Å². The molecule has 1 fully saturated rings. The van der Waals surface area contributed by atoms with Gasteiger partial charge in [0.05, 0.1) is 12.7 Å². The molecule has 0 aromatic heterocycles. The Kier molecular flexibility index (Phi) is 4.50. The summed E-state index contributed by atoms with van der Waals surface area (Å²) in [6, 6.07) is 8.41. The molecular weight excluding hydrogens is 326 g/mol. The number of rotatable bonds is 5. The molecule has 118 valence electrons. The van der Waals surface area contributed by atoms with Crippen LogP contribution in [0.1, 0.15) is 25.3 Å². The summed E-state index contributed by atoms with van der Waals surface area (Å²) < 4.78 is 29.6. The van der Waals surface area contributed by atoms with Crippen molar-refractivity contribution in [2.75, 3.05) is 12.4 Å². The van der Waals surface area contributed by atoms with E-state index in [9.17, 15) is 18.5 Å². The van der Waals surface area contributed by atoms with Crippen molar-refractivity contribution >= 4 is 27.4 Å². The fourth-order valence-electron chi connectivity index (χ4n) is 2.81. The number of carbonyl (C=O) groups excluding carboxylic acids is 1. The lowest BCUT2D eigenvalue weighted by Gasteiger charge is -2.08. The van der Waals surface area contributed by atoms with Crippen LogP contribution in [0.4, 0.5) is 0 Å². The van der Waals surface area contributed by atoms with Crippen LogP contribution in [-0.2, 0) is 19.4 Å². The molecule has 5 nitrogen and oxygen atoms in total. The van der Waals surface area contributed by atoms with E-state index in [1.54, 1.807) is 31.2 Å². The summed E-state index contributed by atoms with van der Waals surface area (Å²) in [5, 5.41) is 8.95. The van der Waals surface area contributed by atoms with Gasteiger partial charge in [0.1, 0.15) is 5.25 Å². The van der Waals surface area contributed by atoms with Crippen molar-refractivity contribution in [3.63, 3.8) is 0 Å². The zero-order valence-electron chi connectivity index (χ0n) is 12.2. The van der Waals surface area contributed by atoms with Crippen LogP contribution in [0.2, 0.25) is 5.02 Å². The summed E-state index contributed by atoms with van der Waals surface area (Å²) in [6.45, 7) is 3.21. The molecule has 7 heteroatoms. The van der Waals surface area contributed by atoms with E-state index in [-0.39, 0.29) is 12.4 Å². The Morgan fingerprint density at radius 3 is 2.41 bits per heavy atom. The number of hydrogen-bond acceptors (Lipinski definition) is 5. The molecule has 3 atom stereocenters. The van der Waals surface area contributed by atoms with Gasteiger partial charge < -0.3 is 4.74 Å². The fourth-order valence-corrected chi connectivity index (χ4v) is 4.86. The molecule has 1 aliphatic rings. The molecule has 1 aromatic carbocycles. The third-order valence-electron chi connectivity index (χ3n) is 3.95. The highest BCUT2D eigenvalue weighted by Crippen LogP contribution is 2.63. The summed E-state index contributed by atoms with van der Waals surface area (Å²) in [6.07, 6.45) is 0. The van der Waals surface area contributed by atoms with Crippen molar-refractivity contribution in [2.24, 2.45) is 5.41 Å². The first kappa shape index (κ1) is 16.8. The lowest BCUT2D eigenvalue weighted by molar-refractivity contribution is -0.147. The second-order valence-corrected chi connectivity index (χ2v) is 7.95. The molecule has 0 spiro atoms. The number of sulfone groups is 1.